The molecular weight excluding hydrogens is 254 g/mol. The van der Waals surface area contributed by atoms with Gasteiger partial charge in [0.2, 0.25) is 5.91 Å². The van der Waals surface area contributed by atoms with Gasteiger partial charge in [0.05, 0.1) is 11.6 Å². The maximum Gasteiger partial charge on any atom is 0.219 e. The van der Waals surface area contributed by atoms with Gasteiger partial charge in [0, 0.05) is 51.7 Å². The van der Waals surface area contributed by atoms with Crippen LogP contribution in [0.2, 0.25) is 0 Å². The molecule has 0 aromatic carbocycles. The van der Waals surface area contributed by atoms with Crippen molar-refractivity contribution in [1.29, 1.82) is 0 Å². The first-order valence-corrected chi connectivity index (χ1v) is 8.02. The van der Waals surface area contributed by atoms with E-state index in [-0.39, 0.29) is 17.6 Å². The van der Waals surface area contributed by atoms with Crippen LogP contribution in [-0.4, -0.2) is 82.2 Å². The van der Waals surface area contributed by atoms with Gasteiger partial charge in [-0.1, -0.05) is 6.42 Å². The molecule has 3 heterocycles. The Morgan fingerprint density at radius 3 is 2.50 bits per heavy atom. The van der Waals surface area contributed by atoms with Crippen LogP contribution in [0.15, 0.2) is 0 Å². The zero-order valence-corrected chi connectivity index (χ0v) is 12.3. The smallest absolute Gasteiger partial charge is 0.219 e. The molecule has 0 bridgehead atoms. The molecule has 3 saturated heterocycles. The molecule has 5 heteroatoms. The van der Waals surface area contributed by atoms with Crippen LogP contribution in [0.3, 0.4) is 0 Å². The third-order valence-electron chi connectivity index (χ3n) is 5.95. The Hall–Kier alpha value is -0.650. The van der Waals surface area contributed by atoms with E-state index < -0.39 is 0 Å². The second-order valence-electron chi connectivity index (χ2n) is 7.31. The summed E-state index contributed by atoms with van der Waals surface area (Å²) in [4.78, 5) is 18.9. The van der Waals surface area contributed by atoms with E-state index in [1.165, 1.54) is 19.3 Å². The molecule has 2 unspecified atom stereocenters. The van der Waals surface area contributed by atoms with E-state index >= 15 is 0 Å². The average molecular weight is 279 g/mol. The van der Waals surface area contributed by atoms with Crippen LogP contribution in [-0.2, 0) is 4.79 Å². The summed E-state index contributed by atoms with van der Waals surface area (Å²) in [5.41, 5.74) is 0.127. The molecule has 2 atom stereocenters. The molecule has 4 rings (SSSR count). The van der Waals surface area contributed by atoms with Gasteiger partial charge in [-0.2, -0.15) is 0 Å². The van der Waals surface area contributed by atoms with Gasteiger partial charge in [0.25, 0.3) is 0 Å². The SMILES string of the molecule is CC(=O)N1CC2CC(O)CN2C2(C1)CN(C1CCC1)C2. The van der Waals surface area contributed by atoms with E-state index in [0.29, 0.717) is 6.04 Å². The minimum absolute atomic E-state index is 0.127. The summed E-state index contributed by atoms with van der Waals surface area (Å²) in [6.45, 7) is 6.31. The van der Waals surface area contributed by atoms with Crippen molar-refractivity contribution in [3.63, 3.8) is 0 Å². The van der Waals surface area contributed by atoms with Crippen molar-refractivity contribution >= 4 is 5.91 Å². The van der Waals surface area contributed by atoms with Gasteiger partial charge in [-0.25, -0.2) is 0 Å². The third-order valence-corrected chi connectivity index (χ3v) is 5.95. The third kappa shape index (κ3) is 1.83. The van der Waals surface area contributed by atoms with Crippen LogP contribution in [0.4, 0.5) is 0 Å². The molecule has 1 amide bonds. The number of likely N-dealkylation sites (tertiary alicyclic amines) is 1. The summed E-state index contributed by atoms with van der Waals surface area (Å²) in [6.07, 6.45) is 4.69. The quantitative estimate of drug-likeness (QED) is 0.728. The summed E-state index contributed by atoms with van der Waals surface area (Å²) >= 11 is 0. The fraction of sp³-hybridized carbons (Fsp3) is 0.933. The van der Waals surface area contributed by atoms with E-state index in [4.69, 9.17) is 0 Å². The van der Waals surface area contributed by atoms with Gasteiger partial charge >= 0.3 is 0 Å². The first kappa shape index (κ1) is 13.0. The standard InChI is InChI=1S/C15H25N3O2/c1-11(19)16-6-13-5-14(20)7-18(13)15(8-16)9-17(10-15)12-3-2-4-12/h12-14,20H,2-10H2,1H3. The highest BCUT2D eigenvalue weighted by molar-refractivity contribution is 5.73. The summed E-state index contributed by atoms with van der Waals surface area (Å²) in [7, 11) is 0. The van der Waals surface area contributed by atoms with Crippen LogP contribution in [0, 0.1) is 0 Å². The fourth-order valence-electron chi connectivity index (χ4n) is 4.65. The van der Waals surface area contributed by atoms with Crippen molar-refractivity contribution < 1.29 is 9.90 Å². The monoisotopic (exact) mass is 279 g/mol. The number of rotatable bonds is 1. The van der Waals surface area contributed by atoms with Crippen LogP contribution < -0.4 is 0 Å². The lowest BCUT2D eigenvalue weighted by atomic mass is 9.79. The second-order valence-corrected chi connectivity index (χ2v) is 7.31. The van der Waals surface area contributed by atoms with Crippen LogP contribution >= 0.6 is 0 Å². The molecule has 5 nitrogen and oxygen atoms in total. The lowest BCUT2D eigenvalue weighted by molar-refractivity contribution is -0.155. The van der Waals surface area contributed by atoms with Gasteiger partial charge in [-0.15, -0.1) is 0 Å². The minimum atomic E-state index is -0.207. The van der Waals surface area contributed by atoms with Crippen molar-refractivity contribution in [2.45, 2.75) is 56.3 Å². The van der Waals surface area contributed by atoms with E-state index in [0.717, 1.165) is 45.2 Å². The summed E-state index contributed by atoms with van der Waals surface area (Å²) in [6, 6.07) is 1.16. The van der Waals surface area contributed by atoms with Gasteiger partial charge in [-0.05, 0) is 19.3 Å². The molecule has 0 aromatic heterocycles. The molecule has 0 aromatic rings. The number of nitrogens with zero attached hydrogens (tertiary/aromatic N) is 3. The van der Waals surface area contributed by atoms with E-state index in [1.807, 2.05) is 4.90 Å². The zero-order valence-electron chi connectivity index (χ0n) is 12.3. The van der Waals surface area contributed by atoms with Crippen molar-refractivity contribution in [3.05, 3.63) is 0 Å². The van der Waals surface area contributed by atoms with Gasteiger partial charge in [0.15, 0.2) is 0 Å². The Morgan fingerprint density at radius 2 is 1.90 bits per heavy atom. The summed E-state index contributed by atoms with van der Waals surface area (Å²) in [5, 5.41) is 10.0. The average Bonchev–Trinajstić information content (AvgIpc) is 2.64. The van der Waals surface area contributed by atoms with Crippen LogP contribution in [0.1, 0.15) is 32.6 Å². The highest BCUT2D eigenvalue weighted by Crippen LogP contribution is 2.42. The number of aliphatic hydroxyl groups is 1. The number of β-amino-alcohol motifs (C(OH)–C–C–N with tert-alkyl or cyclic N) is 1. The second kappa shape index (κ2) is 4.42. The maximum atomic E-state index is 11.8. The largest absolute Gasteiger partial charge is 0.392 e. The highest BCUT2D eigenvalue weighted by atomic mass is 16.3. The number of carbonyl (C=O) groups is 1. The van der Waals surface area contributed by atoms with Crippen LogP contribution in [0.5, 0.6) is 0 Å². The van der Waals surface area contributed by atoms with Crippen molar-refractivity contribution in [2.24, 2.45) is 0 Å². The van der Waals surface area contributed by atoms with Crippen molar-refractivity contribution in [2.75, 3.05) is 32.7 Å². The number of fused-ring (bicyclic) bond motifs is 2. The Morgan fingerprint density at radius 1 is 1.15 bits per heavy atom. The van der Waals surface area contributed by atoms with Crippen LogP contribution in [0.25, 0.3) is 0 Å². The topological polar surface area (TPSA) is 47.0 Å². The predicted octanol–water partition coefficient (Wildman–Crippen LogP) is -0.109. The Kier molecular flexibility index (Phi) is 2.88. The molecule has 20 heavy (non-hydrogen) atoms. The minimum Gasteiger partial charge on any atom is -0.392 e. The molecular formula is C15H25N3O2. The molecule has 112 valence electrons. The van der Waals surface area contributed by atoms with Gasteiger partial charge in [0.1, 0.15) is 0 Å². The molecule has 0 radical (unpaired) electrons. The lowest BCUT2D eigenvalue weighted by Crippen LogP contribution is -2.79. The number of piperazine rings is 1. The molecule has 1 spiro atoms. The number of carbonyl (C=O) groups excluding carboxylic acids is 1. The predicted molar refractivity (Wildman–Crippen MR) is 75.3 cm³/mol. The Balaban J connectivity index is 1.52. The lowest BCUT2D eigenvalue weighted by Gasteiger charge is -2.63. The Bertz CT molecular complexity index is 417. The van der Waals surface area contributed by atoms with E-state index in [1.54, 1.807) is 6.92 Å². The molecule has 1 saturated carbocycles. The van der Waals surface area contributed by atoms with Gasteiger partial charge in [-0.3, -0.25) is 14.6 Å². The number of hydrogen-bond acceptors (Lipinski definition) is 4. The molecule has 4 fully saturated rings. The summed E-state index contributed by atoms with van der Waals surface area (Å²) < 4.78 is 0. The van der Waals surface area contributed by atoms with Gasteiger partial charge < -0.3 is 10.0 Å². The molecule has 1 aliphatic carbocycles. The molecule has 1 N–H and O–H groups in total. The van der Waals surface area contributed by atoms with Crippen molar-refractivity contribution in [3.8, 4) is 0 Å². The zero-order chi connectivity index (χ0) is 13.9. The first-order valence-electron chi connectivity index (χ1n) is 8.02. The molecule has 4 aliphatic rings. The van der Waals surface area contributed by atoms with E-state index in [2.05, 4.69) is 9.80 Å². The summed E-state index contributed by atoms with van der Waals surface area (Å²) in [5.74, 6) is 0.188. The normalized spacial score (nSPS) is 37.6. The number of hydrogen-bond donors (Lipinski definition) is 1. The number of amides is 1. The fourth-order valence-corrected chi connectivity index (χ4v) is 4.65. The Labute approximate surface area is 120 Å². The molecule has 3 aliphatic heterocycles. The first-order chi connectivity index (χ1) is 9.57. The maximum absolute atomic E-state index is 11.8. The van der Waals surface area contributed by atoms with E-state index in [9.17, 15) is 9.90 Å². The highest BCUT2D eigenvalue weighted by Gasteiger charge is 2.57. The van der Waals surface area contributed by atoms with Crippen molar-refractivity contribution in [1.82, 2.24) is 14.7 Å². The number of aliphatic hydroxyl groups excluding tert-OH is 1.